The number of rotatable bonds is 5. The Morgan fingerprint density at radius 3 is 2.65 bits per heavy atom. The molecule has 0 aliphatic heterocycles. The van der Waals surface area contributed by atoms with Crippen LogP contribution in [0.25, 0.3) is 0 Å². The number of hydrogen-bond donors (Lipinski definition) is 1. The molecule has 1 aromatic rings. The van der Waals surface area contributed by atoms with E-state index in [9.17, 15) is 0 Å². The monoisotopic (exact) mass is 231 g/mol. The Labute approximate surface area is 106 Å². The van der Waals surface area contributed by atoms with Crippen LogP contribution in [-0.4, -0.2) is 13.1 Å². The average Bonchev–Trinajstić information content (AvgIpc) is 2.74. The van der Waals surface area contributed by atoms with Gasteiger partial charge < -0.3 is 5.32 Å². The van der Waals surface area contributed by atoms with Gasteiger partial charge in [-0.2, -0.15) is 0 Å². The molecule has 0 amide bonds. The van der Waals surface area contributed by atoms with Crippen LogP contribution in [0.4, 0.5) is 0 Å². The second kappa shape index (κ2) is 5.68. The van der Waals surface area contributed by atoms with Crippen molar-refractivity contribution in [1.82, 2.24) is 5.32 Å². The second-order valence-corrected chi connectivity index (χ2v) is 5.49. The Morgan fingerprint density at radius 1 is 1.29 bits per heavy atom. The van der Waals surface area contributed by atoms with Gasteiger partial charge in [-0.05, 0) is 37.3 Å². The zero-order chi connectivity index (χ0) is 12.1. The summed E-state index contributed by atoms with van der Waals surface area (Å²) in [6, 6.07) is 11.1. The number of benzene rings is 1. The fraction of sp³-hybridized carbons (Fsp3) is 0.625. The van der Waals surface area contributed by atoms with E-state index in [2.05, 4.69) is 49.5 Å². The van der Waals surface area contributed by atoms with Gasteiger partial charge in [0.1, 0.15) is 0 Å². The summed E-state index contributed by atoms with van der Waals surface area (Å²) in [4.78, 5) is 0. The maximum atomic E-state index is 3.65. The molecule has 1 heteroatoms. The maximum absolute atomic E-state index is 3.65. The summed E-state index contributed by atoms with van der Waals surface area (Å²) in [6.07, 6.45) is 5.32. The minimum absolute atomic E-state index is 0.385. The van der Waals surface area contributed by atoms with Gasteiger partial charge in [-0.1, -0.05) is 50.6 Å². The van der Waals surface area contributed by atoms with E-state index in [1.165, 1.54) is 31.2 Å². The highest BCUT2D eigenvalue weighted by molar-refractivity contribution is 5.28. The molecule has 0 heterocycles. The molecule has 0 radical (unpaired) electrons. The predicted molar refractivity (Wildman–Crippen MR) is 74.3 cm³/mol. The first-order valence-corrected chi connectivity index (χ1v) is 7.06. The number of hydrogen-bond acceptors (Lipinski definition) is 1. The minimum atomic E-state index is 0.385. The summed E-state index contributed by atoms with van der Waals surface area (Å²) < 4.78 is 0. The lowest BCUT2D eigenvalue weighted by Crippen LogP contribution is -2.40. The van der Waals surface area contributed by atoms with E-state index in [1.54, 1.807) is 0 Å². The van der Waals surface area contributed by atoms with Crippen LogP contribution in [-0.2, 0) is 5.41 Å². The van der Waals surface area contributed by atoms with Gasteiger partial charge in [-0.25, -0.2) is 0 Å². The van der Waals surface area contributed by atoms with Crippen LogP contribution in [0.3, 0.4) is 0 Å². The molecule has 17 heavy (non-hydrogen) atoms. The van der Waals surface area contributed by atoms with E-state index >= 15 is 0 Å². The molecule has 2 rings (SSSR count). The lowest BCUT2D eigenvalue weighted by atomic mass is 9.73. The Hall–Kier alpha value is -0.820. The topological polar surface area (TPSA) is 12.0 Å². The SMILES string of the molecule is CCCNCC1(c2ccccc2)CCCC1C. The predicted octanol–water partition coefficient (Wildman–Crippen LogP) is 3.74. The lowest BCUT2D eigenvalue weighted by molar-refractivity contribution is 0.318. The molecule has 1 aromatic carbocycles. The fourth-order valence-electron chi connectivity index (χ4n) is 3.30. The van der Waals surface area contributed by atoms with Crippen molar-refractivity contribution in [3.8, 4) is 0 Å². The van der Waals surface area contributed by atoms with Crippen molar-refractivity contribution in [2.45, 2.75) is 44.9 Å². The highest BCUT2D eigenvalue weighted by Gasteiger charge is 2.40. The van der Waals surface area contributed by atoms with E-state index in [-0.39, 0.29) is 0 Å². The van der Waals surface area contributed by atoms with E-state index in [4.69, 9.17) is 0 Å². The Balaban J connectivity index is 2.18. The first-order chi connectivity index (χ1) is 8.29. The van der Waals surface area contributed by atoms with Gasteiger partial charge in [0.25, 0.3) is 0 Å². The third kappa shape index (κ3) is 2.55. The summed E-state index contributed by atoms with van der Waals surface area (Å²) in [5, 5.41) is 3.65. The Morgan fingerprint density at radius 2 is 2.06 bits per heavy atom. The Kier molecular flexibility index (Phi) is 4.22. The van der Waals surface area contributed by atoms with E-state index < -0.39 is 0 Å². The number of nitrogens with one attached hydrogen (secondary N) is 1. The molecule has 0 saturated heterocycles. The van der Waals surface area contributed by atoms with Crippen LogP contribution >= 0.6 is 0 Å². The molecule has 2 atom stereocenters. The molecular weight excluding hydrogens is 206 g/mol. The van der Waals surface area contributed by atoms with Gasteiger partial charge in [-0.15, -0.1) is 0 Å². The van der Waals surface area contributed by atoms with Crippen molar-refractivity contribution >= 4 is 0 Å². The maximum Gasteiger partial charge on any atom is 0.0103 e. The molecular formula is C16H25N. The minimum Gasteiger partial charge on any atom is -0.316 e. The fourth-order valence-corrected chi connectivity index (χ4v) is 3.30. The standard InChI is InChI=1S/C16H25N/c1-3-12-17-13-16(11-7-8-14(16)2)15-9-5-4-6-10-15/h4-6,9-10,14,17H,3,7-8,11-13H2,1-2H3. The third-order valence-electron chi connectivity index (χ3n) is 4.42. The molecule has 1 aliphatic rings. The summed E-state index contributed by atoms with van der Waals surface area (Å²) in [5.74, 6) is 0.800. The second-order valence-electron chi connectivity index (χ2n) is 5.49. The first-order valence-electron chi connectivity index (χ1n) is 7.06. The lowest BCUT2D eigenvalue weighted by Gasteiger charge is -2.35. The molecule has 1 saturated carbocycles. The quantitative estimate of drug-likeness (QED) is 0.761. The van der Waals surface area contributed by atoms with Crippen LogP contribution in [0.1, 0.15) is 45.1 Å². The third-order valence-corrected chi connectivity index (χ3v) is 4.42. The van der Waals surface area contributed by atoms with Gasteiger partial charge >= 0.3 is 0 Å². The van der Waals surface area contributed by atoms with Crippen molar-refractivity contribution in [3.63, 3.8) is 0 Å². The molecule has 94 valence electrons. The van der Waals surface area contributed by atoms with Crippen molar-refractivity contribution in [1.29, 1.82) is 0 Å². The molecule has 1 nitrogen and oxygen atoms in total. The van der Waals surface area contributed by atoms with E-state index in [1.807, 2.05) is 0 Å². The molecule has 0 spiro atoms. The normalized spacial score (nSPS) is 28.5. The van der Waals surface area contributed by atoms with E-state index in [0.717, 1.165) is 19.0 Å². The highest BCUT2D eigenvalue weighted by Crippen LogP contribution is 2.45. The van der Waals surface area contributed by atoms with Crippen LogP contribution in [0.15, 0.2) is 30.3 Å². The summed E-state index contributed by atoms with van der Waals surface area (Å²) in [6.45, 7) is 6.95. The molecule has 0 aromatic heterocycles. The zero-order valence-electron chi connectivity index (χ0n) is 11.2. The van der Waals surface area contributed by atoms with Crippen molar-refractivity contribution < 1.29 is 0 Å². The summed E-state index contributed by atoms with van der Waals surface area (Å²) in [5.41, 5.74) is 1.92. The summed E-state index contributed by atoms with van der Waals surface area (Å²) in [7, 11) is 0. The Bertz CT molecular complexity index is 333. The van der Waals surface area contributed by atoms with Gasteiger partial charge in [0.15, 0.2) is 0 Å². The van der Waals surface area contributed by atoms with Crippen molar-refractivity contribution in [2.75, 3.05) is 13.1 Å². The van der Waals surface area contributed by atoms with Crippen LogP contribution < -0.4 is 5.32 Å². The smallest absolute Gasteiger partial charge is 0.0103 e. The van der Waals surface area contributed by atoms with Gasteiger partial charge in [0.2, 0.25) is 0 Å². The average molecular weight is 231 g/mol. The van der Waals surface area contributed by atoms with Gasteiger partial charge in [0.05, 0.1) is 0 Å². The van der Waals surface area contributed by atoms with Gasteiger partial charge in [-0.3, -0.25) is 0 Å². The van der Waals surface area contributed by atoms with Crippen molar-refractivity contribution in [3.05, 3.63) is 35.9 Å². The molecule has 0 bridgehead atoms. The highest BCUT2D eigenvalue weighted by atomic mass is 14.9. The molecule has 1 fully saturated rings. The van der Waals surface area contributed by atoms with Crippen LogP contribution in [0.2, 0.25) is 0 Å². The summed E-state index contributed by atoms with van der Waals surface area (Å²) >= 11 is 0. The van der Waals surface area contributed by atoms with Crippen LogP contribution in [0.5, 0.6) is 0 Å². The zero-order valence-corrected chi connectivity index (χ0v) is 11.2. The molecule has 1 aliphatic carbocycles. The van der Waals surface area contributed by atoms with E-state index in [0.29, 0.717) is 5.41 Å². The van der Waals surface area contributed by atoms with Crippen molar-refractivity contribution in [2.24, 2.45) is 5.92 Å². The molecule has 1 N–H and O–H groups in total. The van der Waals surface area contributed by atoms with Gasteiger partial charge in [0, 0.05) is 12.0 Å². The largest absolute Gasteiger partial charge is 0.316 e. The first kappa shape index (κ1) is 12.6. The van der Waals surface area contributed by atoms with Crippen LogP contribution in [0, 0.1) is 5.92 Å². The molecule has 2 unspecified atom stereocenters.